The lowest BCUT2D eigenvalue weighted by Crippen LogP contribution is -2.43. The van der Waals surface area contributed by atoms with Crippen molar-refractivity contribution >= 4 is 16.1 Å². The number of aryl methyl sites for hydroxylation is 1. The average Bonchev–Trinajstić information content (AvgIpc) is 3.10. The van der Waals surface area contributed by atoms with Gasteiger partial charge in [-0.25, -0.2) is 17.5 Å². The first-order valence-electron chi connectivity index (χ1n) is 7.16. The smallest absolute Gasteiger partial charge is 0.331 e. The summed E-state index contributed by atoms with van der Waals surface area (Å²) in [6.45, 7) is -1.42. The molecule has 0 spiro atoms. The summed E-state index contributed by atoms with van der Waals surface area (Å²) in [5.74, 6) is -1.97. The van der Waals surface area contributed by atoms with E-state index in [0.717, 1.165) is 28.1 Å². The van der Waals surface area contributed by atoms with Crippen molar-refractivity contribution in [1.29, 1.82) is 0 Å². The van der Waals surface area contributed by atoms with Crippen molar-refractivity contribution in [2.75, 3.05) is 27.2 Å². The van der Waals surface area contributed by atoms with E-state index in [0.29, 0.717) is 0 Å². The van der Waals surface area contributed by atoms with Gasteiger partial charge >= 0.3 is 12.2 Å². The highest BCUT2D eigenvalue weighted by Crippen LogP contribution is 2.37. The molecule has 0 saturated carbocycles. The van der Waals surface area contributed by atoms with Crippen LogP contribution in [0.1, 0.15) is 5.82 Å². The third-order valence-electron chi connectivity index (χ3n) is 3.81. The van der Waals surface area contributed by atoms with E-state index in [2.05, 4.69) is 20.7 Å². The second-order valence-electron chi connectivity index (χ2n) is 5.77. The quantitative estimate of drug-likeness (QED) is 0.724. The molecule has 1 N–H and O–H groups in total. The van der Waals surface area contributed by atoms with Crippen LogP contribution in [0.2, 0.25) is 0 Å². The second-order valence-corrected chi connectivity index (χ2v) is 8.14. The Hall–Kier alpha value is -1.96. The van der Waals surface area contributed by atoms with Crippen LogP contribution in [0.4, 0.5) is 18.0 Å². The number of carbonyl (C=O) groups excluding carboxylic acids is 1. The largest absolute Gasteiger partial charge is 0.394 e. The van der Waals surface area contributed by atoms with Gasteiger partial charge in [-0.1, -0.05) is 0 Å². The van der Waals surface area contributed by atoms with E-state index in [1.165, 1.54) is 7.05 Å². The minimum atomic E-state index is -4.74. The van der Waals surface area contributed by atoms with Crippen molar-refractivity contribution in [3.8, 4) is 0 Å². The van der Waals surface area contributed by atoms with Gasteiger partial charge < -0.3 is 10.2 Å². The zero-order chi connectivity index (χ0) is 19.0. The molecule has 10 nitrogen and oxygen atoms in total. The Morgan fingerprint density at radius 1 is 1.36 bits per heavy atom. The molecule has 0 unspecified atom stereocenters. The van der Waals surface area contributed by atoms with Gasteiger partial charge in [-0.05, 0) is 5.21 Å². The van der Waals surface area contributed by atoms with Gasteiger partial charge in [-0.3, -0.25) is 0 Å². The molecule has 1 saturated heterocycles. The zero-order valence-corrected chi connectivity index (χ0v) is 14.5. The minimum absolute atomic E-state index is 0.134. The molecule has 1 aromatic rings. The fourth-order valence-corrected chi connectivity index (χ4v) is 4.05. The Morgan fingerprint density at radius 2 is 2.00 bits per heavy atom. The number of nitrogens with one attached hydrogen (secondary N) is 1. The van der Waals surface area contributed by atoms with Gasteiger partial charge in [0.05, 0.1) is 19.5 Å². The number of carbonyl (C=O) groups is 1. The summed E-state index contributed by atoms with van der Waals surface area (Å²) in [6.07, 6.45) is -4.74. The Morgan fingerprint density at radius 3 is 2.48 bits per heavy atom. The summed E-state index contributed by atoms with van der Waals surface area (Å²) in [6, 6.07) is -0.821. The highest BCUT2D eigenvalue weighted by atomic mass is 32.2. The fraction of sp³-hybridized carbons (Fsp3) is 0.818. The second kappa shape index (κ2) is 6.74. The van der Waals surface area contributed by atoms with Gasteiger partial charge in [0.1, 0.15) is 5.25 Å². The first-order valence-corrected chi connectivity index (χ1v) is 8.67. The number of hydrogen-bond acceptors (Lipinski definition) is 6. The summed E-state index contributed by atoms with van der Waals surface area (Å²) in [4.78, 5) is 14.1. The van der Waals surface area contributed by atoms with Crippen LogP contribution < -0.4 is 5.32 Å². The molecule has 2 rings (SSSR count). The standard InChI is InChI=1S/C11H18F3N7O3S/c1-19(2)25(23,24)8-6-21(5-7(8)11(12,13)14)10(22)15-4-9-16-18-20(3)17-9/h7-8H,4-6H2,1-3H3,(H,15,22)/t7-,8-/m1/s1. The van der Waals surface area contributed by atoms with E-state index in [-0.39, 0.29) is 12.4 Å². The maximum atomic E-state index is 13.2. The molecule has 2 atom stereocenters. The van der Waals surface area contributed by atoms with Crippen LogP contribution in [0.25, 0.3) is 0 Å². The number of hydrogen-bond donors (Lipinski definition) is 1. The minimum Gasteiger partial charge on any atom is -0.331 e. The van der Waals surface area contributed by atoms with E-state index < -0.39 is 46.5 Å². The predicted molar refractivity (Wildman–Crippen MR) is 78.5 cm³/mol. The van der Waals surface area contributed by atoms with Crippen LogP contribution in [0.5, 0.6) is 0 Å². The summed E-state index contributed by atoms with van der Waals surface area (Å²) < 4.78 is 64.8. The molecule has 1 aliphatic heterocycles. The Kier molecular flexibility index (Phi) is 5.22. The van der Waals surface area contributed by atoms with E-state index in [1.54, 1.807) is 0 Å². The highest BCUT2D eigenvalue weighted by Gasteiger charge is 2.55. The molecule has 2 amide bonds. The molecule has 2 heterocycles. The lowest BCUT2D eigenvalue weighted by atomic mass is 10.1. The van der Waals surface area contributed by atoms with Crippen LogP contribution in [0, 0.1) is 5.92 Å². The molecule has 0 radical (unpaired) electrons. The number of urea groups is 1. The SMILES string of the molecule is CN(C)S(=O)(=O)[C@@H]1CN(C(=O)NCc2nnn(C)n2)C[C@H]1C(F)(F)F. The Bertz CT molecular complexity index is 734. The topological polar surface area (TPSA) is 113 Å². The van der Waals surface area contributed by atoms with Crippen molar-refractivity contribution in [3.05, 3.63) is 5.82 Å². The first-order chi connectivity index (χ1) is 11.4. The van der Waals surface area contributed by atoms with Crippen molar-refractivity contribution in [2.45, 2.75) is 18.0 Å². The van der Waals surface area contributed by atoms with E-state index >= 15 is 0 Å². The summed E-state index contributed by atoms with van der Waals surface area (Å²) in [5, 5.41) is 11.6. The summed E-state index contributed by atoms with van der Waals surface area (Å²) in [7, 11) is -0.352. The monoisotopic (exact) mass is 385 g/mol. The van der Waals surface area contributed by atoms with E-state index in [9.17, 15) is 26.4 Å². The summed E-state index contributed by atoms with van der Waals surface area (Å²) in [5.41, 5.74) is 0. The molecule has 0 aliphatic carbocycles. The molecule has 14 heteroatoms. The van der Waals surface area contributed by atoms with Crippen LogP contribution in [-0.2, 0) is 23.6 Å². The third kappa shape index (κ3) is 4.18. The van der Waals surface area contributed by atoms with Crippen LogP contribution in [0.3, 0.4) is 0 Å². The molecule has 0 aromatic carbocycles. The van der Waals surface area contributed by atoms with Crippen LogP contribution >= 0.6 is 0 Å². The highest BCUT2D eigenvalue weighted by molar-refractivity contribution is 7.89. The molecule has 142 valence electrons. The Labute approximate surface area is 142 Å². The van der Waals surface area contributed by atoms with Crippen LogP contribution in [0.15, 0.2) is 0 Å². The lowest BCUT2D eigenvalue weighted by Gasteiger charge is -2.23. The molecule has 1 aromatic heterocycles. The summed E-state index contributed by atoms with van der Waals surface area (Å²) >= 11 is 0. The van der Waals surface area contributed by atoms with Crippen LogP contribution in [-0.4, -0.2) is 82.5 Å². The van der Waals surface area contributed by atoms with Gasteiger partial charge in [0.15, 0.2) is 5.82 Å². The van der Waals surface area contributed by atoms with Gasteiger partial charge in [-0.15, -0.1) is 10.2 Å². The zero-order valence-electron chi connectivity index (χ0n) is 13.7. The first kappa shape index (κ1) is 19.4. The molecule has 1 fully saturated rings. The maximum absolute atomic E-state index is 13.2. The molecule has 25 heavy (non-hydrogen) atoms. The van der Waals surface area contributed by atoms with Crippen molar-refractivity contribution in [1.82, 2.24) is 34.7 Å². The molecular weight excluding hydrogens is 367 g/mol. The van der Waals surface area contributed by atoms with Gasteiger partial charge in [0, 0.05) is 27.2 Å². The lowest BCUT2D eigenvalue weighted by molar-refractivity contribution is -0.169. The predicted octanol–water partition coefficient (Wildman–Crippen LogP) is -0.826. The Balaban J connectivity index is 2.11. The normalized spacial score (nSPS) is 21.8. The number of tetrazole rings is 1. The number of rotatable bonds is 4. The van der Waals surface area contributed by atoms with Gasteiger partial charge in [0.25, 0.3) is 0 Å². The average molecular weight is 385 g/mol. The molecular formula is C11H18F3N7O3S. The number of likely N-dealkylation sites (tertiary alicyclic amines) is 1. The number of amides is 2. The van der Waals surface area contributed by atoms with E-state index in [1.807, 2.05) is 0 Å². The number of aromatic nitrogens is 4. The molecule has 0 bridgehead atoms. The van der Waals surface area contributed by atoms with Crippen molar-refractivity contribution < 1.29 is 26.4 Å². The number of nitrogens with zero attached hydrogens (tertiary/aromatic N) is 6. The van der Waals surface area contributed by atoms with Gasteiger partial charge in [0.2, 0.25) is 10.0 Å². The number of alkyl halides is 3. The molecule has 1 aliphatic rings. The van der Waals surface area contributed by atoms with E-state index in [4.69, 9.17) is 0 Å². The number of sulfonamides is 1. The number of halogens is 3. The van der Waals surface area contributed by atoms with Crippen molar-refractivity contribution in [3.63, 3.8) is 0 Å². The third-order valence-corrected chi connectivity index (χ3v) is 6.07. The fourth-order valence-electron chi connectivity index (χ4n) is 2.49. The van der Waals surface area contributed by atoms with Crippen molar-refractivity contribution in [2.24, 2.45) is 13.0 Å². The maximum Gasteiger partial charge on any atom is 0.394 e. The van der Waals surface area contributed by atoms with Gasteiger partial charge in [-0.2, -0.15) is 18.0 Å².